The molecule has 0 saturated heterocycles. The Kier molecular flexibility index (Phi) is 6.22. The van der Waals surface area contributed by atoms with Crippen LogP contribution in [-0.4, -0.2) is 31.6 Å². The molecular formula is C26H23NO5. The predicted molar refractivity (Wildman–Crippen MR) is 123 cm³/mol. The monoisotopic (exact) mass is 429 g/mol. The van der Waals surface area contributed by atoms with Crippen LogP contribution in [0.2, 0.25) is 0 Å². The standard InChI is InChI=1S/C26H23NO5/c1-27(16-18-8-4-3-5-9-18)23(28)17-31-26-24(29)21-10-6-7-11-22(21)32-25(26)19-12-14-20(30-2)15-13-19/h3-15H,16-17H2,1-2H3. The molecule has 0 aliphatic carbocycles. The number of nitrogens with zero attached hydrogens (tertiary/aromatic N) is 1. The molecule has 6 heteroatoms. The van der Waals surface area contributed by atoms with Gasteiger partial charge in [-0.3, -0.25) is 9.59 Å². The van der Waals surface area contributed by atoms with Crippen molar-refractivity contribution in [3.8, 4) is 22.8 Å². The number of likely N-dealkylation sites (N-methyl/N-ethyl adjacent to an activating group) is 1. The average molecular weight is 429 g/mol. The van der Waals surface area contributed by atoms with Gasteiger partial charge >= 0.3 is 0 Å². The molecule has 0 saturated carbocycles. The summed E-state index contributed by atoms with van der Waals surface area (Å²) in [5.41, 5.74) is 1.78. The van der Waals surface area contributed by atoms with Crippen molar-refractivity contribution in [3.63, 3.8) is 0 Å². The molecule has 1 heterocycles. The molecule has 32 heavy (non-hydrogen) atoms. The first-order valence-electron chi connectivity index (χ1n) is 10.2. The van der Waals surface area contributed by atoms with Crippen molar-refractivity contribution in [2.24, 2.45) is 0 Å². The van der Waals surface area contributed by atoms with Crippen molar-refractivity contribution in [1.82, 2.24) is 4.90 Å². The summed E-state index contributed by atoms with van der Waals surface area (Å²) in [6, 6.07) is 23.7. The van der Waals surface area contributed by atoms with Gasteiger partial charge in [0, 0.05) is 19.2 Å². The van der Waals surface area contributed by atoms with E-state index in [-0.39, 0.29) is 29.5 Å². The van der Waals surface area contributed by atoms with Gasteiger partial charge in [-0.2, -0.15) is 0 Å². The number of hydrogen-bond acceptors (Lipinski definition) is 5. The molecule has 0 aliphatic rings. The predicted octanol–water partition coefficient (Wildman–Crippen LogP) is 4.51. The number of rotatable bonds is 7. The number of fused-ring (bicyclic) bond motifs is 1. The number of carbonyl (C=O) groups is 1. The first-order valence-corrected chi connectivity index (χ1v) is 10.2. The summed E-state index contributed by atoms with van der Waals surface area (Å²) in [5, 5.41) is 0.393. The third-order valence-corrected chi connectivity index (χ3v) is 5.14. The average Bonchev–Trinajstić information content (AvgIpc) is 2.84. The van der Waals surface area contributed by atoms with Gasteiger partial charge in [0.1, 0.15) is 11.3 Å². The third-order valence-electron chi connectivity index (χ3n) is 5.14. The number of amides is 1. The fraction of sp³-hybridized carbons (Fsp3) is 0.154. The van der Waals surface area contributed by atoms with Crippen molar-refractivity contribution < 1.29 is 18.7 Å². The third kappa shape index (κ3) is 4.49. The molecule has 0 unspecified atom stereocenters. The second-order valence-corrected chi connectivity index (χ2v) is 7.34. The van der Waals surface area contributed by atoms with E-state index in [4.69, 9.17) is 13.9 Å². The highest BCUT2D eigenvalue weighted by Gasteiger charge is 2.20. The molecule has 1 amide bonds. The number of benzene rings is 3. The molecular weight excluding hydrogens is 406 g/mol. The Morgan fingerprint density at radius 1 is 0.938 bits per heavy atom. The van der Waals surface area contributed by atoms with Gasteiger partial charge in [0.15, 0.2) is 12.4 Å². The summed E-state index contributed by atoms with van der Waals surface area (Å²) in [7, 11) is 3.28. The van der Waals surface area contributed by atoms with E-state index in [1.807, 2.05) is 30.3 Å². The molecule has 0 spiro atoms. The van der Waals surface area contributed by atoms with Crippen LogP contribution in [0.3, 0.4) is 0 Å². The van der Waals surface area contributed by atoms with Crippen LogP contribution in [-0.2, 0) is 11.3 Å². The normalized spacial score (nSPS) is 10.7. The number of methoxy groups -OCH3 is 1. The highest BCUT2D eigenvalue weighted by atomic mass is 16.5. The van der Waals surface area contributed by atoms with Crippen molar-refractivity contribution in [2.45, 2.75) is 6.54 Å². The Balaban J connectivity index is 1.63. The highest BCUT2D eigenvalue weighted by Crippen LogP contribution is 2.32. The Morgan fingerprint density at radius 3 is 2.34 bits per heavy atom. The van der Waals surface area contributed by atoms with Crippen LogP contribution in [0, 0.1) is 0 Å². The minimum atomic E-state index is -0.323. The lowest BCUT2D eigenvalue weighted by Gasteiger charge is -2.18. The number of carbonyl (C=O) groups excluding carboxylic acids is 1. The molecule has 0 bridgehead atoms. The van der Waals surface area contributed by atoms with Gasteiger partial charge in [0.25, 0.3) is 5.91 Å². The summed E-state index contributed by atoms with van der Waals surface area (Å²) < 4.78 is 17.0. The van der Waals surface area contributed by atoms with E-state index in [1.165, 1.54) is 0 Å². The molecule has 162 valence electrons. The van der Waals surface area contributed by atoms with Gasteiger partial charge in [-0.1, -0.05) is 42.5 Å². The maximum atomic E-state index is 13.2. The van der Waals surface area contributed by atoms with Crippen molar-refractivity contribution in [1.29, 1.82) is 0 Å². The fourth-order valence-corrected chi connectivity index (χ4v) is 3.38. The molecule has 0 aliphatic heterocycles. The summed E-state index contributed by atoms with van der Waals surface area (Å²) in [6.45, 7) is 0.163. The molecule has 0 N–H and O–H groups in total. The molecule has 6 nitrogen and oxygen atoms in total. The number of hydrogen-bond donors (Lipinski definition) is 0. The molecule has 0 fully saturated rings. The minimum absolute atomic E-state index is 0.00956. The molecule has 4 aromatic rings. The van der Waals surface area contributed by atoms with E-state index in [1.54, 1.807) is 67.6 Å². The largest absolute Gasteiger partial charge is 0.497 e. The van der Waals surface area contributed by atoms with Crippen molar-refractivity contribution >= 4 is 16.9 Å². The molecule has 1 aromatic heterocycles. The summed E-state index contributed by atoms with van der Waals surface area (Å²) in [5.74, 6) is 0.712. The molecule has 4 rings (SSSR count). The van der Waals surface area contributed by atoms with Crippen LogP contribution in [0.15, 0.2) is 88.1 Å². The van der Waals surface area contributed by atoms with Crippen LogP contribution >= 0.6 is 0 Å². The van der Waals surface area contributed by atoms with Gasteiger partial charge in [0.2, 0.25) is 11.2 Å². The van der Waals surface area contributed by atoms with Gasteiger partial charge in [-0.15, -0.1) is 0 Å². The van der Waals surface area contributed by atoms with Gasteiger partial charge < -0.3 is 18.8 Å². The topological polar surface area (TPSA) is 69.0 Å². The van der Waals surface area contributed by atoms with Crippen LogP contribution in [0.4, 0.5) is 0 Å². The zero-order chi connectivity index (χ0) is 22.5. The van der Waals surface area contributed by atoms with Gasteiger partial charge in [0.05, 0.1) is 12.5 Å². The van der Waals surface area contributed by atoms with E-state index in [2.05, 4.69) is 0 Å². The zero-order valence-electron chi connectivity index (χ0n) is 17.9. The zero-order valence-corrected chi connectivity index (χ0v) is 17.9. The van der Waals surface area contributed by atoms with E-state index in [0.29, 0.717) is 28.8 Å². The molecule has 0 atom stereocenters. The van der Waals surface area contributed by atoms with Crippen molar-refractivity contribution in [3.05, 3.63) is 94.6 Å². The second-order valence-electron chi connectivity index (χ2n) is 7.34. The second kappa shape index (κ2) is 9.39. The number of ether oxygens (including phenoxy) is 2. The quantitative estimate of drug-likeness (QED) is 0.433. The molecule has 3 aromatic carbocycles. The Labute approximate surface area is 185 Å². The van der Waals surface area contributed by atoms with E-state index in [9.17, 15) is 9.59 Å². The lowest BCUT2D eigenvalue weighted by Crippen LogP contribution is -2.31. The fourth-order valence-electron chi connectivity index (χ4n) is 3.38. The van der Waals surface area contributed by atoms with E-state index >= 15 is 0 Å². The Bertz CT molecular complexity index is 1280. The maximum Gasteiger partial charge on any atom is 0.260 e. The van der Waals surface area contributed by atoms with Gasteiger partial charge in [-0.05, 0) is 42.0 Å². The molecule has 0 radical (unpaired) electrons. The summed E-state index contributed by atoms with van der Waals surface area (Å²) in [6.07, 6.45) is 0. The lowest BCUT2D eigenvalue weighted by atomic mass is 10.1. The SMILES string of the molecule is COc1ccc(-c2oc3ccccc3c(=O)c2OCC(=O)N(C)Cc2ccccc2)cc1. The first kappa shape index (κ1) is 21.2. The summed E-state index contributed by atoms with van der Waals surface area (Å²) in [4.78, 5) is 27.4. The first-order chi connectivity index (χ1) is 15.6. The van der Waals surface area contributed by atoms with E-state index in [0.717, 1.165) is 5.56 Å². The lowest BCUT2D eigenvalue weighted by molar-refractivity contribution is -0.132. The van der Waals surface area contributed by atoms with E-state index < -0.39 is 0 Å². The van der Waals surface area contributed by atoms with Crippen LogP contribution in [0.25, 0.3) is 22.3 Å². The van der Waals surface area contributed by atoms with Crippen LogP contribution < -0.4 is 14.9 Å². The van der Waals surface area contributed by atoms with Gasteiger partial charge in [-0.25, -0.2) is 0 Å². The Morgan fingerprint density at radius 2 is 1.62 bits per heavy atom. The minimum Gasteiger partial charge on any atom is -0.497 e. The Hall–Kier alpha value is -4.06. The summed E-state index contributed by atoms with van der Waals surface area (Å²) >= 11 is 0. The maximum absolute atomic E-state index is 13.2. The van der Waals surface area contributed by atoms with Crippen molar-refractivity contribution in [2.75, 3.05) is 20.8 Å². The number of para-hydroxylation sites is 1. The highest BCUT2D eigenvalue weighted by molar-refractivity contribution is 5.83. The van der Waals surface area contributed by atoms with Crippen LogP contribution in [0.5, 0.6) is 11.5 Å². The van der Waals surface area contributed by atoms with Crippen LogP contribution in [0.1, 0.15) is 5.56 Å². The smallest absolute Gasteiger partial charge is 0.260 e.